The van der Waals surface area contributed by atoms with Crippen LogP contribution in [0.1, 0.15) is 46.1 Å². The van der Waals surface area contributed by atoms with Gasteiger partial charge in [0.05, 0.1) is 6.61 Å². The molecule has 0 fully saturated rings. The summed E-state index contributed by atoms with van der Waals surface area (Å²) >= 11 is 0. The second-order valence-corrected chi connectivity index (χ2v) is 8.50. The SMILES string of the molecule is C[C@@H](C(=O)NC(C)(C)C)N(CCc1ccccc1)C(=O)CCCOc1ccccc1. The highest BCUT2D eigenvalue weighted by atomic mass is 16.5. The molecule has 0 aromatic heterocycles. The number of ether oxygens (including phenoxy) is 1. The molecule has 2 aromatic rings. The molecule has 0 saturated heterocycles. The third-order valence-corrected chi connectivity index (χ3v) is 4.70. The maximum absolute atomic E-state index is 13.0. The Morgan fingerprint density at radius 1 is 1.00 bits per heavy atom. The largest absolute Gasteiger partial charge is 0.494 e. The van der Waals surface area contributed by atoms with Crippen LogP contribution in [0.3, 0.4) is 0 Å². The highest BCUT2D eigenvalue weighted by Crippen LogP contribution is 2.12. The van der Waals surface area contributed by atoms with E-state index in [0.717, 1.165) is 11.3 Å². The topological polar surface area (TPSA) is 58.6 Å². The Hall–Kier alpha value is -2.82. The van der Waals surface area contributed by atoms with Crippen molar-refractivity contribution in [2.45, 2.75) is 58.5 Å². The van der Waals surface area contributed by atoms with Gasteiger partial charge >= 0.3 is 0 Å². The van der Waals surface area contributed by atoms with E-state index >= 15 is 0 Å². The number of hydrogen-bond donors (Lipinski definition) is 1. The fourth-order valence-electron chi connectivity index (χ4n) is 3.12. The number of benzene rings is 2. The van der Waals surface area contributed by atoms with Gasteiger partial charge in [-0.25, -0.2) is 0 Å². The van der Waals surface area contributed by atoms with Crippen LogP contribution in [0.5, 0.6) is 5.75 Å². The summed E-state index contributed by atoms with van der Waals surface area (Å²) in [6.45, 7) is 8.58. The number of carbonyl (C=O) groups excluding carboxylic acids is 2. The number of amides is 2. The van der Waals surface area contributed by atoms with Crippen LogP contribution in [0.2, 0.25) is 0 Å². The molecule has 0 heterocycles. The van der Waals surface area contributed by atoms with E-state index in [1.54, 1.807) is 11.8 Å². The second kappa shape index (κ2) is 11.4. The third-order valence-electron chi connectivity index (χ3n) is 4.70. The highest BCUT2D eigenvalue weighted by molar-refractivity contribution is 5.87. The molecule has 0 spiro atoms. The smallest absolute Gasteiger partial charge is 0.242 e. The molecule has 0 bridgehead atoms. The maximum Gasteiger partial charge on any atom is 0.242 e. The van der Waals surface area contributed by atoms with Crippen molar-refractivity contribution in [3.63, 3.8) is 0 Å². The molecule has 0 aliphatic carbocycles. The maximum atomic E-state index is 13.0. The molecule has 1 atom stereocenters. The van der Waals surface area contributed by atoms with Gasteiger partial charge in [-0.15, -0.1) is 0 Å². The van der Waals surface area contributed by atoms with Crippen molar-refractivity contribution >= 4 is 11.8 Å². The summed E-state index contributed by atoms with van der Waals surface area (Å²) in [7, 11) is 0. The first kappa shape index (κ1) is 23.5. The Labute approximate surface area is 180 Å². The van der Waals surface area contributed by atoms with E-state index in [1.165, 1.54) is 0 Å². The van der Waals surface area contributed by atoms with Crippen molar-refractivity contribution in [3.8, 4) is 5.75 Å². The summed E-state index contributed by atoms with van der Waals surface area (Å²) < 4.78 is 5.69. The van der Waals surface area contributed by atoms with E-state index in [0.29, 0.717) is 32.4 Å². The van der Waals surface area contributed by atoms with Gasteiger partial charge in [-0.1, -0.05) is 48.5 Å². The van der Waals surface area contributed by atoms with E-state index in [1.807, 2.05) is 81.4 Å². The predicted molar refractivity (Wildman–Crippen MR) is 120 cm³/mol. The van der Waals surface area contributed by atoms with Gasteiger partial charge in [0.25, 0.3) is 0 Å². The van der Waals surface area contributed by atoms with E-state index in [-0.39, 0.29) is 17.4 Å². The quantitative estimate of drug-likeness (QED) is 0.597. The molecule has 30 heavy (non-hydrogen) atoms. The molecule has 162 valence electrons. The van der Waals surface area contributed by atoms with E-state index < -0.39 is 6.04 Å². The van der Waals surface area contributed by atoms with Gasteiger partial charge in [-0.05, 0) is 58.2 Å². The number of carbonyl (C=O) groups is 2. The fourth-order valence-corrected chi connectivity index (χ4v) is 3.12. The first-order chi connectivity index (χ1) is 14.3. The molecule has 0 aliphatic rings. The zero-order valence-electron chi connectivity index (χ0n) is 18.6. The van der Waals surface area contributed by atoms with Crippen LogP contribution in [0.25, 0.3) is 0 Å². The van der Waals surface area contributed by atoms with Crippen molar-refractivity contribution < 1.29 is 14.3 Å². The first-order valence-electron chi connectivity index (χ1n) is 10.6. The van der Waals surface area contributed by atoms with Crippen LogP contribution in [0.15, 0.2) is 60.7 Å². The number of rotatable bonds is 10. The molecular formula is C25H34N2O3. The van der Waals surface area contributed by atoms with Crippen LogP contribution in [-0.2, 0) is 16.0 Å². The van der Waals surface area contributed by atoms with Gasteiger partial charge in [0.1, 0.15) is 11.8 Å². The molecule has 0 aliphatic heterocycles. The van der Waals surface area contributed by atoms with Crippen LogP contribution in [0, 0.1) is 0 Å². The molecule has 5 heteroatoms. The van der Waals surface area contributed by atoms with Crippen LogP contribution in [0.4, 0.5) is 0 Å². The molecule has 2 rings (SSSR count). The Balaban J connectivity index is 1.95. The molecule has 0 radical (unpaired) electrons. The summed E-state index contributed by atoms with van der Waals surface area (Å²) in [5.74, 6) is 0.632. The average molecular weight is 411 g/mol. The van der Waals surface area contributed by atoms with Gasteiger partial charge < -0.3 is 15.0 Å². The Morgan fingerprint density at radius 2 is 1.60 bits per heavy atom. The second-order valence-electron chi connectivity index (χ2n) is 8.50. The molecule has 2 amide bonds. The standard InChI is InChI=1S/C25H34N2O3/c1-20(24(29)26-25(2,3)4)27(18-17-21-12-7-5-8-13-21)23(28)16-11-19-30-22-14-9-6-10-15-22/h5-10,12-15,20H,11,16-19H2,1-4H3,(H,26,29)/t20-/m0/s1. The summed E-state index contributed by atoms with van der Waals surface area (Å²) in [5.41, 5.74) is 0.800. The number of para-hydroxylation sites is 1. The van der Waals surface area contributed by atoms with Gasteiger partial charge in [0.2, 0.25) is 11.8 Å². The van der Waals surface area contributed by atoms with Crippen molar-refractivity contribution in [2.24, 2.45) is 0 Å². The van der Waals surface area contributed by atoms with E-state index in [2.05, 4.69) is 5.32 Å². The van der Waals surface area contributed by atoms with Crippen molar-refractivity contribution in [2.75, 3.05) is 13.2 Å². The lowest BCUT2D eigenvalue weighted by molar-refractivity contribution is -0.140. The minimum Gasteiger partial charge on any atom is -0.494 e. The average Bonchev–Trinajstić information content (AvgIpc) is 2.71. The molecule has 5 nitrogen and oxygen atoms in total. The minimum absolute atomic E-state index is 0.0286. The number of nitrogens with zero attached hydrogens (tertiary/aromatic N) is 1. The Morgan fingerprint density at radius 3 is 2.20 bits per heavy atom. The van der Waals surface area contributed by atoms with Gasteiger partial charge in [0.15, 0.2) is 0 Å². The lowest BCUT2D eigenvalue weighted by atomic mass is 10.1. The fraction of sp³-hybridized carbons (Fsp3) is 0.440. The molecular weight excluding hydrogens is 376 g/mol. The normalized spacial score (nSPS) is 12.1. The third kappa shape index (κ3) is 8.27. The predicted octanol–water partition coefficient (Wildman–Crippen LogP) is 4.22. The van der Waals surface area contributed by atoms with E-state index in [4.69, 9.17) is 4.74 Å². The number of nitrogens with one attached hydrogen (secondary N) is 1. The lowest BCUT2D eigenvalue weighted by Gasteiger charge is -2.31. The summed E-state index contributed by atoms with van der Waals surface area (Å²) in [5, 5.41) is 2.98. The van der Waals surface area contributed by atoms with Crippen molar-refractivity contribution in [3.05, 3.63) is 66.2 Å². The van der Waals surface area contributed by atoms with Crippen molar-refractivity contribution in [1.82, 2.24) is 10.2 Å². The van der Waals surface area contributed by atoms with Crippen LogP contribution < -0.4 is 10.1 Å². The van der Waals surface area contributed by atoms with E-state index in [9.17, 15) is 9.59 Å². The van der Waals surface area contributed by atoms with Crippen LogP contribution in [-0.4, -0.2) is 41.4 Å². The molecule has 1 N–H and O–H groups in total. The zero-order valence-corrected chi connectivity index (χ0v) is 18.6. The highest BCUT2D eigenvalue weighted by Gasteiger charge is 2.27. The zero-order chi connectivity index (χ0) is 22.0. The minimum atomic E-state index is -0.532. The van der Waals surface area contributed by atoms with Gasteiger partial charge in [0, 0.05) is 18.5 Å². The molecule has 0 saturated carbocycles. The molecule has 0 unspecified atom stereocenters. The number of hydrogen-bond acceptors (Lipinski definition) is 3. The monoisotopic (exact) mass is 410 g/mol. The van der Waals surface area contributed by atoms with Gasteiger partial charge in [-0.3, -0.25) is 9.59 Å². The lowest BCUT2D eigenvalue weighted by Crippen LogP contribution is -2.53. The summed E-state index contributed by atoms with van der Waals surface area (Å²) in [6.07, 6.45) is 1.65. The summed E-state index contributed by atoms with van der Waals surface area (Å²) in [4.78, 5) is 27.4. The van der Waals surface area contributed by atoms with Crippen LogP contribution >= 0.6 is 0 Å². The Bertz CT molecular complexity index is 785. The first-order valence-corrected chi connectivity index (χ1v) is 10.6. The van der Waals surface area contributed by atoms with Crippen molar-refractivity contribution in [1.29, 1.82) is 0 Å². The van der Waals surface area contributed by atoms with Gasteiger partial charge in [-0.2, -0.15) is 0 Å². The summed E-state index contributed by atoms with van der Waals surface area (Å²) in [6, 6.07) is 19.0. The Kier molecular flexibility index (Phi) is 8.90. The molecule has 2 aromatic carbocycles.